The third kappa shape index (κ3) is 2.64. The zero-order valence-corrected chi connectivity index (χ0v) is 11.7. The second-order valence-corrected chi connectivity index (χ2v) is 4.94. The highest BCUT2D eigenvalue weighted by molar-refractivity contribution is 5.97. The summed E-state index contributed by atoms with van der Waals surface area (Å²) in [6.45, 7) is 1.32. The minimum Gasteiger partial charge on any atom is -0.281 e. The standard InChI is InChI=1S/C18H15NO2/c1-13(20)19(21)17-10-6-14(7-11-17)12-16-9-8-15-4-2-3-5-18(15)16/h2-12,21H,1H3/b16-12+. The number of hydrogen-bond donors (Lipinski definition) is 1. The fourth-order valence-electron chi connectivity index (χ4n) is 2.37. The van der Waals surface area contributed by atoms with Crippen LogP contribution in [0.3, 0.4) is 0 Å². The van der Waals surface area contributed by atoms with Gasteiger partial charge in [-0.1, -0.05) is 48.6 Å². The molecule has 21 heavy (non-hydrogen) atoms. The number of rotatable bonds is 2. The number of hydrogen-bond acceptors (Lipinski definition) is 2. The first-order valence-corrected chi connectivity index (χ1v) is 6.74. The summed E-state index contributed by atoms with van der Waals surface area (Å²) in [6, 6.07) is 15.4. The van der Waals surface area contributed by atoms with Crippen LogP contribution in [0.1, 0.15) is 23.6 Å². The Balaban J connectivity index is 1.88. The van der Waals surface area contributed by atoms with Gasteiger partial charge in [-0.3, -0.25) is 10.0 Å². The van der Waals surface area contributed by atoms with E-state index >= 15 is 0 Å². The molecule has 2 aromatic carbocycles. The molecular weight excluding hydrogens is 262 g/mol. The first-order chi connectivity index (χ1) is 10.1. The van der Waals surface area contributed by atoms with Gasteiger partial charge in [0.15, 0.2) is 0 Å². The van der Waals surface area contributed by atoms with Gasteiger partial charge < -0.3 is 0 Å². The molecule has 3 heteroatoms. The predicted molar refractivity (Wildman–Crippen MR) is 84.7 cm³/mol. The number of allylic oxidation sites excluding steroid dienone is 2. The van der Waals surface area contributed by atoms with Crippen molar-refractivity contribution < 1.29 is 10.0 Å². The maximum Gasteiger partial charge on any atom is 0.247 e. The summed E-state index contributed by atoms with van der Waals surface area (Å²) >= 11 is 0. The van der Waals surface area contributed by atoms with Gasteiger partial charge in [-0.2, -0.15) is 5.06 Å². The lowest BCUT2D eigenvalue weighted by molar-refractivity contribution is -0.121. The maximum atomic E-state index is 11.1. The Morgan fingerprint density at radius 1 is 1.05 bits per heavy atom. The van der Waals surface area contributed by atoms with Crippen LogP contribution in [0.15, 0.2) is 54.6 Å². The van der Waals surface area contributed by atoms with Gasteiger partial charge in [-0.15, -0.1) is 0 Å². The number of hydroxylamine groups is 1. The lowest BCUT2D eigenvalue weighted by Gasteiger charge is -2.12. The minimum atomic E-state index is -0.409. The summed E-state index contributed by atoms with van der Waals surface area (Å²) < 4.78 is 0. The number of amides is 1. The Morgan fingerprint density at radius 2 is 1.76 bits per heavy atom. The van der Waals surface area contributed by atoms with E-state index < -0.39 is 5.91 Å². The van der Waals surface area contributed by atoms with Gasteiger partial charge in [-0.25, -0.2) is 0 Å². The molecule has 0 aromatic heterocycles. The first-order valence-electron chi connectivity index (χ1n) is 6.74. The fraction of sp³-hybridized carbons (Fsp3) is 0.0556. The second-order valence-electron chi connectivity index (χ2n) is 4.94. The van der Waals surface area contributed by atoms with Gasteiger partial charge in [0.2, 0.25) is 5.91 Å². The average molecular weight is 277 g/mol. The monoisotopic (exact) mass is 277 g/mol. The zero-order chi connectivity index (χ0) is 14.8. The molecule has 0 saturated heterocycles. The second kappa shape index (κ2) is 5.38. The van der Waals surface area contributed by atoms with Crippen LogP contribution in [0.2, 0.25) is 0 Å². The molecule has 0 radical (unpaired) electrons. The van der Waals surface area contributed by atoms with E-state index in [2.05, 4.69) is 30.4 Å². The van der Waals surface area contributed by atoms with E-state index in [0.29, 0.717) is 10.8 Å². The number of carbonyl (C=O) groups excluding carboxylic acids is 1. The van der Waals surface area contributed by atoms with Crippen LogP contribution in [0.5, 0.6) is 0 Å². The third-order valence-corrected chi connectivity index (χ3v) is 3.47. The molecule has 1 aliphatic rings. The molecule has 0 bridgehead atoms. The highest BCUT2D eigenvalue weighted by Gasteiger charge is 2.10. The predicted octanol–water partition coefficient (Wildman–Crippen LogP) is 4.00. The molecule has 0 atom stereocenters. The van der Waals surface area contributed by atoms with Crippen LogP contribution in [0.4, 0.5) is 5.69 Å². The van der Waals surface area contributed by atoms with Crippen LogP contribution < -0.4 is 5.06 Å². The summed E-state index contributed by atoms with van der Waals surface area (Å²) in [6.07, 6.45) is 6.27. The molecular formula is C18H15NO2. The Bertz CT molecular complexity index is 742. The smallest absolute Gasteiger partial charge is 0.247 e. The number of benzene rings is 2. The van der Waals surface area contributed by atoms with Crippen LogP contribution in [0, 0.1) is 0 Å². The molecule has 3 rings (SSSR count). The molecule has 0 aliphatic heterocycles. The van der Waals surface area contributed by atoms with Crippen molar-refractivity contribution in [3.63, 3.8) is 0 Å². The molecule has 0 spiro atoms. The van der Waals surface area contributed by atoms with E-state index in [1.54, 1.807) is 12.1 Å². The largest absolute Gasteiger partial charge is 0.281 e. The van der Waals surface area contributed by atoms with E-state index in [1.165, 1.54) is 18.1 Å². The van der Waals surface area contributed by atoms with Crippen LogP contribution in [-0.4, -0.2) is 11.1 Å². The van der Waals surface area contributed by atoms with E-state index in [0.717, 1.165) is 11.1 Å². The lowest BCUT2D eigenvalue weighted by Crippen LogP contribution is -2.23. The molecule has 0 unspecified atom stereocenters. The molecule has 3 nitrogen and oxygen atoms in total. The Morgan fingerprint density at radius 3 is 2.48 bits per heavy atom. The molecule has 0 saturated carbocycles. The van der Waals surface area contributed by atoms with E-state index in [9.17, 15) is 10.0 Å². The fourth-order valence-corrected chi connectivity index (χ4v) is 2.37. The molecule has 1 aliphatic carbocycles. The summed E-state index contributed by atoms with van der Waals surface area (Å²) in [5.41, 5.74) is 5.08. The van der Waals surface area contributed by atoms with Crippen LogP contribution >= 0.6 is 0 Å². The van der Waals surface area contributed by atoms with Gasteiger partial charge in [-0.05, 0) is 40.5 Å². The Hall–Kier alpha value is -2.65. The first kappa shape index (κ1) is 13.3. The Kier molecular flexibility index (Phi) is 3.42. The molecule has 2 aromatic rings. The summed E-state index contributed by atoms with van der Waals surface area (Å²) in [5, 5.41) is 10.2. The normalized spacial score (nSPS) is 14.3. The summed E-state index contributed by atoms with van der Waals surface area (Å²) in [4.78, 5) is 11.1. The van der Waals surface area contributed by atoms with E-state index in [4.69, 9.17) is 0 Å². The number of carbonyl (C=O) groups is 1. The Labute approximate surface area is 123 Å². The summed E-state index contributed by atoms with van der Waals surface area (Å²) in [7, 11) is 0. The zero-order valence-electron chi connectivity index (χ0n) is 11.7. The minimum absolute atomic E-state index is 0.409. The highest BCUT2D eigenvalue weighted by atomic mass is 16.5. The van der Waals surface area contributed by atoms with Crippen LogP contribution in [0.25, 0.3) is 17.7 Å². The van der Waals surface area contributed by atoms with Crippen molar-refractivity contribution in [2.45, 2.75) is 6.92 Å². The van der Waals surface area contributed by atoms with Crippen molar-refractivity contribution >= 4 is 29.3 Å². The van der Waals surface area contributed by atoms with Crippen molar-refractivity contribution in [2.75, 3.05) is 5.06 Å². The molecule has 1 N–H and O–H groups in total. The number of nitrogens with zero attached hydrogens (tertiary/aromatic N) is 1. The number of fused-ring (bicyclic) bond motifs is 1. The van der Waals surface area contributed by atoms with Crippen molar-refractivity contribution in [3.05, 3.63) is 71.3 Å². The maximum absolute atomic E-state index is 11.1. The molecule has 0 fully saturated rings. The van der Waals surface area contributed by atoms with E-state index in [-0.39, 0.29) is 0 Å². The average Bonchev–Trinajstić information content (AvgIpc) is 2.91. The highest BCUT2D eigenvalue weighted by Crippen LogP contribution is 2.30. The quantitative estimate of drug-likeness (QED) is 0.666. The SMILES string of the molecule is CC(=O)N(O)c1ccc(/C=C2\C=Cc3ccccc32)cc1. The lowest BCUT2D eigenvalue weighted by atomic mass is 10.0. The van der Waals surface area contributed by atoms with Crippen LogP contribution in [-0.2, 0) is 4.79 Å². The van der Waals surface area contributed by atoms with Crippen molar-refractivity contribution in [3.8, 4) is 0 Å². The van der Waals surface area contributed by atoms with Gasteiger partial charge in [0, 0.05) is 6.92 Å². The third-order valence-electron chi connectivity index (χ3n) is 3.47. The van der Waals surface area contributed by atoms with Gasteiger partial charge in [0.25, 0.3) is 0 Å². The van der Waals surface area contributed by atoms with Gasteiger partial charge in [0.1, 0.15) is 0 Å². The van der Waals surface area contributed by atoms with Gasteiger partial charge >= 0.3 is 0 Å². The number of anilines is 1. The molecule has 1 amide bonds. The van der Waals surface area contributed by atoms with E-state index in [1.807, 2.05) is 24.3 Å². The molecule has 0 heterocycles. The van der Waals surface area contributed by atoms with Crippen molar-refractivity contribution in [1.82, 2.24) is 0 Å². The van der Waals surface area contributed by atoms with Gasteiger partial charge in [0.05, 0.1) is 5.69 Å². The molecule has 104 valence electrons. The van der Waals surface area contributed by atoms with Crippen molar-refractivity contribution in [2.24, 2.45) is 0 Å². The van der Waals surface area contributed by atoms with Crippen molar-refractivity contribution in [1.29, 1.82) is 0 Å². The summed E-state index contributed by atoms with van der Waals surface area (Å²) in [5.74, 6) is -0.409. The topological polar surface area (TPSA) is 40.5 Å².